The third-order valence-electron chi connectivity index (χ3n) is 4.23. The summed E-state index contributed by atoms with van der Waals surface area (Å²) in [6.45, 7) is 1.04. The van der Waals surface area contributed by atoms with Crippen molar-refractivity contribution >= 4 is 12.0 Å². The summed E-state index contributed by atoms with van der Waals surface area (Å²) in [5.41, 5.74) is 5.23. The topological polar surface area (TPSA) is 78.3 Å². The first kappa shape index (κ1) is 20.3. The Hall–Kier alpha value is -3.45. The number of aromatic nitrogens is 3. The SMILES string of the molecule is COc1ccc(CONC(=O)/C=C/c2cn(CCCc3ccccc3)nn2)cc1. The van der Waals surface area contributed by atoms with Gasteiger partial charge in [-0.25, -0.2) is 5.48 Å². The zero-order valence-electron chi connectivity index (χ0n) is 16.3. The summed E-state index contributed by atoms with van der Waals surface area (Å²) in [5, 5.41) is 8.13. The van der Waals surface area contributed by atoms with Crippen molar-refractivity contribution in [3.05, 3.63) is 83.7 Å². The van der Waals surface area contributed by atoms with Gasteiger partial charge in [-0.2, -0.15) is 0 Å². The van der Waals surface area contributed by atoms with Crippen molar-refractivity contribution < 1.29 is 14.4 Å². The Morgan fingerprint density at radius 1 is 1.10 bits per heavy atom. The lowest BCUT2D eigenvalue weighted by Crippen LogP contribution is -2.21. The number of nitrogens with one attached hydrogen (secondary N) is 1. The van der Waals surface area contributed by atoms with E-state index in [4.69, 9.17) is 9.57 Å². The predicted octanol–water partition coefficient (Wildman–Crippen LogP) is 3.18. The molecule has 0 bridgehead atoms. The number of carbonyl (C=O) groups excluding carboxylic acids is 1. The highest BCUT2D eigenvalue weighted by Gasteiger charge is 2.01. The van der Waals surface area contributed by atoms with E-state index in [1.165, 1.54) is 11.6 Å². The molecule has 0 saturated carbocycles. The number of hydrogen-bond donors (Lipinski definition) is 1. The van der Waals surface area contributed by atoms with E-state index in [1.807, 2.05) is 48.7 Å². The summed E-state index contributed by atoms with van der Waals surface area (Å²) in [6, 6.07) is 17.7. The molecule has 0 radical (unpaired) electrons. The minimum absolute atomic E-state index is 0.265. The Bertz CT molecular complexity index is 921. The third-order valence-corrected chi connectivity index (χ3v) is 4.23. The molecule has 2 aromatic carbocycles. The van der Waals surface area contributed by atoms with Crippen LogP contribution in [0.25, 0.3) is 6.08 Å². The molecule has 3 rings (SSSR count). The third kappa shape index (κ3) is 6.90. The van der Waals surface area contributed by atoms with E-state index in [1.54, 1.807) is 17.9 Å². The lowest BCUT2D eigenvalue weighted by molar-refractivity contribution is -0.129. The minimum atomic E-state index is -0.364. The Labute approximate surface area is 169 Å². The minimum Gasteiger partial charge on any atom is -0.497 e. The van der Waals surface area contributed by atoms with Gasteiger partial charge in [0.25, 0.3) is 5.91 Å². The first-order chi connectivity index (χ1) is 14.2. The maximum atomic E-state index is 11.8. The highest BCUT2D eigenvalue weighted by molar-refractivity contribution is 5.90. The van der Waals surface area contributed by atoms with Crippen LogP contribution in [0.15, 0.2) is 66.9 Å². The first-order valence-electron chi connectivity index (χ1n) is 9.40. The van der Waals surface area contributed by atoms with Crippen molar-refractivity contribution in [2.45, 2.75) is 26.0 Å². The number of ether oxygens (including phenoxy) is 1. The van der Waals surface area contributed by atoms with Gasteiger partial charge in [0.15, 0.2) is 0 Å². The van der Waals surface area contributed by atoms with Crippen molar-refractivity contribution in [1.82, 2.24) is 20.5 Å². The van der Waals surface area contributed by atoms with E-state index in [-0.39, 0.29) is 12.5 Å². The lowest BCUT2D eigenvalue weighted by atomic mass is 10.1. The van der Waals surface area contributed by atoms with Crippen molar-refractivity contribution in [3.8, 4) is 5.75 Å². The van der Waals surface area contributed by atoms with Crippen LogP contribution in [0.5, 0.6) is 5.75 Å². The highest BCUT2D eigenvalue weighted by atomic mass is 16.6. The number of methoxy groups -OCH3 is 1. The molecule has 3 aromatic rings. The maximum absolute atomic E-state index is 11.8. The molecule has 1 amide bonds. The fourth-order valence-electron chi connectivity index (χ4n) is 2.70. The van der Waals surface area contributed by atoms with E-state index < -0.39 is 0 Å². The van der Waals surface area contributed by atoms with Crippen molar-refractivity contribution in [3.63, 3.8) is 0 Å². The van der Waals surface area contributed by atoms with Crippen LogP contribution in [0, 0.1) is 0 Å². The fourth-order valence-corrected chi connectivity index (χ4v) is 2.70. The van der Waals surface area contributed by atoms with E-state index >= 15 is 0 Å². The van der Waals surface area contributed by atoms with Gasteiger partial charge in [0.1, 0.15) is 11.4 Å². The molecule has 7 heteroatoms. The molecule has 0 aliphatic rings. The molecular weight excluding hydrogens is 368 g/mol. The molecule has 0 unspecified atom stereocenters. The summed E-state index contributed by atoms with van der Waals surface area (Å²) >= 11 is 0. The zero-order valence-corrected chi connectivity index (χ0v) is 16.3. The predicted molar refractivity (Wildman–Crippen MR) is 110 cm³/mol. The van der Waals surface area contributed by atoms with E-state index in [0.717, 1.165) is 30.7 Å². The molecule has 0 aliphatic carbocycles. The number of rotatable bonds is 10. The monoisotopic (exact) mass is 392 g/mol. The fraction of sp³-hybridized carbons (Fsp3) is 0.227. The molecule has 150 valence electrons. The number of nitrogens with zero attached hydrogens (tertiary/aromatic N) is 3. The lowest BCUT2D eigenvalue weighted by Gasteiger charge is -2.04. The largest absolute Gasteiger partial charge is 0.497 e. The number of benzene rings is 2. The van der Waals surface area contributed by atoms with Gasteiger partial charge in [-0.3, -0.25) is 14.3 Å². The molecule has 1 heterocycles. The van der Waals surface area contributed by atoms with Gasteiger partial charge >= 0.3 is 0 Å². The van der Waals surface area contributed by atoms with Crippen LogP contribution in [0.2, 0.25) is 0 Å². The van der Waals surface area contributed by atoms with Crippen LogP contribution >= 0.6 is 0 Å². The van der Waals surface area contributed by atoms with Gasteiger partial charge in [0.2, 0.25) is 0 Å². The molecule has 1 N–H and O–H groups in total. The summed E-state index contributed by atoms with van der Waals surface area (Å²) in [5.74, 6) is 0.408. The van der Waals surface area contributed by atoms with Crippen LogP contribution in [0.3, 0.4) is 0 Å². The summed E-state index contributed by atoms with van der Waals surface area (Å²) in [6.07, 6.45) is 6.74. The molecule has 0 aliphatic heterocycles. The van der Waals surface area contributed by atoms with Gasteiger partial charge in [-0.15, -0.1) is 5.10 Å². The average molecular weight is 392 g/mol. The van der Waals surface area contributed by atoms with Crippen LogP contribution in [-0.2, 0) is 29.2 Å². The number of hydroxylamine groups is 1. The quantitative estimate of drug-likeness (QED) is 0.424. The summed E-state index contributed by atoms with van der Waals surface area (Å²) < 4.78 is 6.88. The smallest absolute Gasteiger partial charge is 0.267 e. The molecule has 0 atom stereocenters. The zero-order chi connectivity index (χ0) is 20.3. The van der Waals surface area contributed by atoms with Gasteiger partial charge < -0.3 is 4.74 Å². The molecule has 1 aromatic heterocycles. The second-order valence-electron chi connectivity index (χ2n) is 6.43. The van der Waals surface area contributed by atoms with Crippen LogP contribution in [0.4, 0.5) is 0 Å². The van der Waals surface area contributed by atoms with Crippen molar-refractivity contribution in [2.75, 3.05) is 7.11 Å². The molecule has 0 saturated heterocycles. The van der Waals surface area contributed by atoms with Gasteiger partial charge in [-0.1, -0.05) is 47.7 Å². The Morgan fingerprint density at radius 3 is 2.66 bits per heavy atom. The Kier molecular flexibility index (Phi) is 7.54. The van der Waals surface area contributed by atoms with Crippen molar-refractivity contribution in [1.29, 1.82) is 0 Å². The maximum Gasteiger partial charge on any atom is 0.267 e. The Morgan fingerprint density at radius 2 is 1.90 bits per heavy atom. The van der Waals surface area contributed by atoms with Crippen LogP contribution in [-0.4, -0.2) is 28.0 Å². The second-order valence-corrected chi connectivity index (χ2v) is 6.43. The second kappa shape index (κ2) is 10.8. The molecule has 29 heavy (non-hydrogen) atoms. The van der Waals surface area contributed by atoms with Gasteiger partial charge in [-0.05, 0) is 42.2 Å². The average Bonchev–Trinajstić information content (AvgIpc) is 3.21. The number of amides is 1. The molecule has 0 spiro atoms. The number of hydrogen-bond acceptors (Lipinski definition) is 5. The summed E-state index contributed by atoms with van der Waals surface area (Å²) in [7, 11) is 1.61. The van der Waals surface area contributed by atoms with Crippen LogP contribution in [0.1, 0.15) is 23.2 Å². The van der Waals surface area contributed by atoms with Crippen LogP contribution < -0.4 is 10.2 Å². The number of carbonyl (C=O) groups is 1. The normalized spacial score (nSPS) is 10.9. The van der Waals surface area contributed by atoms with E-state index in [9.17, 15) is 4.79 Å². The number of aryl methyl sites for hydroxylation is 2. The standard InChI is InChI=1S/C22H24N4O3/c1-28-21-12-9-19(10-13-21)17-29-24-22(27)14-11-20-16-26(25-23-20)15-5-8-18-6-3-2-4-7-18/h2-4,6-7,9-14,16H,5,8,15,17H2,1H3,(H,24,27)/b14-11+. The first-order valence-corrected chi connectivity index (χ1v) is 9.40. The van der Waals surface area contributed by atoms with E-state index in [2.05, 4.69) is 27.9 Å². The molecule has 7 nitrogen and oxygen atoms in total. The van der Waals surface area contributed by atoms with Crippen molar-refractivity contribution in [2.24, 2.45) is 0 Å². The van der Waals surface area contributed by atoms with Gasteiger partial charge in [0, 0.05) is 12.6 Å². The van der Waals surface area contributed by atoms with E-state index in [0.29, 0.717) is 5.69 Å². The van der Waals surface area contributed by atoms with Gasteiger partial charge in [0.05, 0.1) is 19.9 Å². The summed E-state index contributed by atoms with van der Waals surface area (Å²) in [4.78, 5) is 17.1. The highest BCUT2D eigenvalue weighted by Crippen LogP contribution is 2.11. The molecule has 0 fully saturated rings. The Balaban J connectivity index is 1.37. The molecular formula is C22H24N4O3.